The molecular weight excluding hydrogens is 592 g/mol. The van der Waals surface area contributed by atoms with Crippen molar-refractivity contribution in [2.75, 3.05) is 37.9 Å². The van der Waals surface area contributed by atoms with E-state index in [9.17, 15) is 18.0 Å². The molecule has 0 unspecified atom stereocenters. The first-order valence-corrected chi connectivity index (χ1v) is 17.1. The molecule has 1 N–H and O–H groups in total. The van der Waals surface area contributed by atoms with Crippen molar-refractivity contribution in [2.45, 2.75) is 51.6 Å². The normalized spacial score (nSPS) is 13.2. The third-order valence-electron chi connectivity index (χ3n) is 8.09. The summed E-state index contributed by atoms with van der Waals surface area (Å²) in [6.45, 7) is 3.28. The van der Waals surface area contributed by atoms with Gasteiger partial charge in [-0.1, -0.05) is 42.0 Å². The average Bonchev–Trinajstić information content (AvgIpc) is 3.81. The van der Waals surface area contributed by atoms with Crippen LogP contribution in [-0.2, 0) is 26.1 Å². The minimum atomic E-state index is -3.59. The zero-order valence-electron chi connectivity index (χ0n) is 26.2. The number of hydrogen-bond acceptors (Lipinski definition) is 7. The molecular formula is C35H40N2O7S. The topological polar surface area (TPSA) is 115 Å². The van der Waals surface area contributed by atoms with Crippen molar-refractivity contribution in [1.82, 2.24) is 5.32 Å². The van der Waals surface area contributed by atoms with Crippen molar-refractivity contribution in [3.8, 4) is 11.3 Å². The van der Waals surface area contributed by atoms with Crippen molar-refractivity contribution in [2.24, 2.45) is 0 Å². The lowest BCUT2D eigenvalue weighted by Crippen LogP contribution is -2.31. The van der Waals surface area contributed by atoms with Crippen LogP contribution >= 0.6 is 0 Å². The minimum absolute atomic E-state index is 0.235. The van der Waals surface area contributed by atoms with Gasteiger partial charge in [-0.25, -0.2) is 13.2 Å². The molecule has 1 aliphatic carbocycles. The van der Waals surface area contributed by atoms with E-state index in [2.05, 4.69) is 5.32 Å². The second-order valence-electron chi connectivity index (χ2n) is 11.6. The first-order valence-electron chi connectivity index (χ1n) is 15.2. The summed E-state index contributed by atoms with van der Waals surface area (Å²) in [7, 11) is -0.648. The van der Waals surface area contributed by atoms with Crippen LogP contribution < -0.4 is 9.62 Å². The number of fused-ring (bicyclic) bond motifs is 1. The molecule has 10 heteroatoms. The Morgan fingerprint density at radius 2 is 1.71 bits per heavy atom. The van der Waals surface area contributed by atoms with E-state index in [0.29, 0.717) is 59.7 Å². The Morgan fingerprint density at radius 1 is 1.00 bits per heavy atom. The maximum atomic E-state index is 13.1. The second kappa shape index (κ2) is 13.9. The van der Waals surface area contributed by atoms with E-state index in [1.54, 1.807) is 25.2 Å². The highest BCUT2D eigenvalue weighted by atomic mass is 32.2. The number of rotatable bonds is 14. The number of esters is 1. The van der Waals surface area contributed by atoms with Gasteiger partial charge in [-0.05, 0) is 74.3 Å². The average molecular weight is 633 g/mol. The lowest BCUT2D eigenvalue weighted by molar-refractivity contribution is 0.0600. The summed E-state index contributed by atoms with van der Waals surface area (Å²) in [6.07, 6.45) is 5.39. The summed E-state index contributed by atoms with van der Waals surface area (Å²) < 4.78 is 44.6. The Bertz CT molecular complexity index is 1770. The van der Waals surface area contributed by atoms with Gasteiger partial charge in [-0.3, -0.25) is 9.10 Å². The third kappa shape index (κ3) is 7.57. The van der Waals surface area contributed by atoms with Crippen LogP contribution in [0.4, 0.5) is 5.69 Å². The van der Waals surface area contributed by atoms with Gasteiger partial charge in [0.15, 0.2) is 0 Å². The molecule has 0 saturated heterocycles. The van der Waals surface area contributed by atoms with E-state index in [1.165, 1.54) is 17.7 Å². The van der Waals surface area contributed by atoms with Gasteiger partial charge in [0.05, 0.1) is 36.8 Å². The molecule has 9 nitrogen and oxygen atoms in total. The molecule has 3 aromatic carbocycles. The molecule has 1 fully saturated rings. The Labute approximate surface area is 264 Å². The third-order valence-corrected chi connectivity index (χ3v) is 9.26. The Kier molecular flexibility index (Phi) is 9.94. The fraction of sp³-hybridized carbons (Fsp3) is 0.371. The number of amides is 1. The Hall–Kier alpha value is -4.15. The van der Waals surface area contributed by atoms with Crippen LogP contribution in [0.2, 0.25) is 0 Å². The number of unbranched alkanes of at least 4 members (excludes halogenated alkanes) is 2. The molecule has 0 spiro atoms. The van der Waals surface area contributed by atoms with Crippen LogP contribution in [0.3, 0.4) is 0 Å². The molecule has 0 aliphatic heterocycles. The molecule has 1 aromatic heterocycles. The standard InChI is InChI=1S/C35H40N2O7S/c1-23-8-12-26(13-9-23)33-32(34(38)36-2)29-20-28(25-16-17-25)30(21-31(29)44-33)37(45(4,40)41)18-6-5-7-19-43-22-24-10-14-27(15-11-24)35(39)42-3/h8-15,20-21,25H,5-7,16-19,22H2,1-4H3,(H,36,38). The Balaban J connectivity index is 1.31. The van der Waals surface area contributed by atoms with E-state index in [1.807, 2.05) is 49.4 Å². The van der Waals surface area contributed by atoms with E-state index < -0.39 is 10.0 Å². The number of nitrogens with zero attached hydrogens (tertiary/aromatic N) is 1. The predicted molar refractivity (Wildman–Crippen MR) is 175 cm³/mol. The van der Waals surface area contributed by atoms with E-state index in [4.69, 9.17) is 13.9 Å². The highest BCUT2D eigenvalue weighted by Gasteiger charge is 2.33. The number of benzene rings is 3. The summed E-state index contributed by atoms with van der Waals surface area (Å²) in [5.41, 5.74) is 5.80. The summed E-state index contributed by atoms with van der Waals surface area (Å²) >= 11 is 0. The number of methoxy groups -OCH3 is 1. The maximum absolute atomic E-state index is 13.1. The predicted octanol–water partition coefficient (Wildman–Crippen LogP) is 6.58. The van der Waals surface area contributed by atoms with Crippen LogP contribution in [-0.4, -0.2) is 53.9 Å². The molecule has 238 valence electrons. The lowest BCUT2D eigenvalue weighted by Gasteiger charge is -2.25. The monoisotopic (exact) mass is 632 g/mol. The van der Waals surface area contributed by atoms with E-state index >= 15 is 0 Å². The van der Waals surface area contributed by atoms with Gasteiger partial charge in [0, 0.05) is 37.2 Å². The van der Waals surface area contributed by atoms with E-state index in [0.717, 1.165) is 47.9 Å². The number of ether oxygens (including phenoxy) is 2. The van der Waals surface area contributed by atoms with Gasteiger partial charge in [-0.2, -0.15) is 0 Å². The Morgan fingerprint density at radius 3 is 2.33 bits per heavy atom. The zero-order valence-corrected chi connectivity index (χ0v) is 27.0. The number of carbonyl (C=O) groups is 2. The fourth-order valence-electron chi connectivity index (χ4n) is 5.49. The first kappa shape index (κ1) is 32.2. The number of hydrogen-bond donors (Lipinski definition) is 1. The molecule has 1 aliphatic rings. The first-order chi connectivity index (χ1) is 21.6. The van der Waals surface area contributed by atoms with Gasteiger partial charge in [0.25, 0.3) is 5.91 Å². The van der Waals surface area contributed by atoms with Crippen molar-refractivity contribution >= 4 is 38.6 Å². The highest BCUT2D eigenvalue weighted by Crippen LogP contribution is 2.48. The number of carbonyl (C=O) groups excluding carboxylic acids is 2. The number of sulfonamides is 1. The molecule has 0 bridgehead atoms. The largest absolute Gasteiger partial charge is 0.465 e. The van der Waals surface area contributed by atoms with Crippen LogP contribution in [0.15, 0.2) is 65.1 Å². The molecule has 0 radical (unpaired) electrons. The summed E-state index contributed by atoms with van der Waals surface area (Å²) in [5.74, 6) is 0.0753. The van der Waals surface area contributed by atoms with Gasteiger partial charge in [-0.15, -0.1) is 0 Å². The summed E-state index contributed by atoms with van der Waals surface area (Å²) in [5, 5.41) is 3.42. The fourth-order valence-corrected chi connectivity index (χ4v) is 6.47. The smallest absolute Gasteiger partial charge is 0.337 e. The van der Waals surface area contributed by atoms with Crippen LogP contribution in [0.25, 0.3) is 22.3 Å². The van der Waals surface area contributed by atoms with Crippen molar-refractivity contribution in [3.05, 3.63) is 88.5 Å². The summed E-state index contributed by atoms with van der Waals surface area (Å²) in [6, 6.07) is 18.6. The number of anilines is 1. The molecule has 1 heterocycles. The molecule has 0 atom stereocenters. The van der Waals surface area contributed by atoms with Crippen LogP contribution in [0.1, 0.15) is 75.4 Å². The van der Waals surface area contributed by atoms with Crippen molar-refractivity contribution in [1.29, 1.82) is 0 Å². The van der Waals surface area contributed by atoms with Gasteiger partial charge < -0.3 is 19.2 Å². The second-order valence-corrected chi connectivity index (χ2v) is 13.5. The van der Waals surface area contributed by atoms with Gasteiger partial charge in [0.1, 0.15) is 11.3 Å². The SMILES string of the molecule is CNC(=O)c1c(-c2ccc(C)cc2)oc2cc(N(CCCCCOCc3ccc(C(=O)OC)cc3)S(C)(=O)=O)c(C3CC3)cc12. The quantitative estimate of drug-likeness (QED) is 0.123. The molecule has 4 aromatic rings. The van der Waals surface area contributed by atoms with Crippen molar-refractivity contribution < 1.29 is 31.9 Å². The molecule has 45 heavy (non-hydrogen) atoms. The maximum Gasteiger partial charge on any atom is 0.337 e. The van der Waals surface area contributed by atoms with Gasteiger partial charge in [0.2, 0.25) is 10.0 Å². The van der Waals surface area contributed by atoms with E-state index in [-0.39, 0.29) is 17.8 Å². The number of furan rings is 1. The number of aryl methyl sites for hydroxylation is 1. The van der Waals surface area contributed by atoms with Crippen LogP contribution in [0, 0.1) is 6.92 Å². The molecule has 1 amide bonds. The van der Waals surface area contributed by atoms with Gasteiger partial charge >= 0.3 is 5.97 Å². The lowest BCUT2D eigenvalue weighted by atomic mass is 10.00. The minimum Gasteiger partial charge on any atom is -0.465 e. The number of nitrogens with one attached hydrogen (secondary N) is 1. The molecule has 5 rings (SSSR count). The molecule has 1 saturated carbocycles. The van der Waals surface area contributed by atoms with Crippen molar-refractivity contribution in [3.63, 3.8) is 0 Å². The zero-order chi connectivity index (χ0) is 32.1. The highest BCUT2D eigenvalue weighted by molar-refractivity contribution is 7.92. The summed E-state index contributed by atoms with van der Waals surface area (Å²) in [4.78, 5) is 24.7. The van der Waals surface area contributed by atoms with Crippen LogP contribution in [0.5, 0.6) is 0 Å².